The second kappa shape index (κ2) is 4.22. The molecule has 5 heteroatoms. The van der Waals surface area contributed by atoms with Crippen LogP contribution in [0.2, 0.25) is 0 Å². The average molecular weight is 272 g/mol. The third-order valence-electron chi connectivity index (χ3n) is 4.06. The van der Waals surface area contributed by atoms with Crippen molar-refractivity contribution < 1.29 is 14.6 Å². The highest BCUT2D eigenvalue weighted by Crippen LogP contribution is 2.44. The lowest BCUT2D eigenvalue weighted by Crippen LogP contribution is -2.58. The molecule has 1 amide bonds. The molecule has 2 heterocycles. The largest absolute Gasteiger partial charge is 0.485 e. The lowest BCUT2D eigenvalue weighted by Gasteiger charge is -2.48. The van der Waals surface area contributed by atoms with E-state index in [4.69, 9.17) is 10.00 Å². The average Bonchev–Trinajstić information content (AvgIpc) is 2.41. The maximum atomic E-state index is 11.8. The summed E-state index contributed by atoms with van der Waals surface area (Å²) in [5.74, 6) is 0.657. The minimum atomic E-state index is -0.826. The Bertz CT molecular complexity index is 618. The maximum Gasteiger partial charge on any atom is 0.224 e. The number of rotatable bonds is 1. The minimum Gasteiger partial charge on any atom is -0.485 e. The lowest BCUT2D eigenvalue weighted by molar-refractivity contribution is -0.156. The second-order valence-electron chi connectivity index (χ2n) is 5.80. The number of ether oxygens (including phenoxy) is 1. The Balaban J connectivity index is 2.12. The molecule has 1 aromatic rings. The number of amides is 1. The van der Waals surface area contributed by atoms with Gasteiger partial charge in [-0.25, -0.2) is 0 Å². The predicted molar refractivity (Wildman–Crippen MR) is 70.9 cm³/mol. The third kappa shape index (κ3) is 1.76. The molecule has 0 aliphatic carbocycles. The van der Waals surface area contributed by atoms with Crippen molar-refractivity contribution in [3.05, 3.63) is 29.3 Å². The van der Waals surface area contributed by atoms with Crippen LogP contribution in [0.3, 0.4) is 0 Å². The van der Waals surface area contributed by atoms with Crippen LogP contribution >= 0.6 is 0 Å². The number of hydrogen-bond acceptors (Lipinski definition) is 4. The van der Waals surface area contributed by atoms with Crippen molar-refractivity contribution in [3.8, 4) is 11.8 Å². The van der Waals surface area contributed by atoms with Gasteiger partial charge in [-0.15, -0.1) is 0 Å². The van der Waals surface area contributed by atoms with Crippen molar-refractivity contribution in [2.45, 2.75) is 38.0 Å². The number of likely N-dealkylation sites (tertiary alicyclic amines) is 1. The molecule has 5 nitrogen and oxygen atoms in total. The molecule has 2 aliphatic heterocycles. The molecular formula is C15H16N2O3. The van der Waals surface area contributed by atoms with E-state index in [1.807, 2.05) is 0 Å². The highest BCUT2D eigenvalue weighted by atomic mass is 16.5. The fraction of sp³-hybridized carbons (Fsp3) is 0.467. The fourth-order valence-electron chi connectivity index (χ4n) is 2.80. The molecular weight excluding hydrogens is 256 g/mol. The Kier molecular flexibility index (Phi) is 2.73. The number of aliphatic hydroxyl groups excluding tert-OH is 1. The number of aliphatic hydroxyl groups is 1. The molecule has 1 aromatic carbocycles. The minimum absolute atomic E-state index is 0.0278. The van der Waals surface area contributed by atoms with Gasteiger partial charge in [-0.05, 0) is 32.0 Å². The quantitative estimate of drug-likeness (QED) is 0.783. The Labute approximate surface area is 117 Å². The Morgan fingerprint density at radius 3 is 2.80 bits per heavy atom. The summed E-state index contributed by atoms with van der Waals surface area (Å²) in [6.45, 7) is 4.24. The standard InChI is InChI=1S/C15H16N2O3/c1-15(2)14(19)13(17-6-5-12(17)18)10-7-9(8-16)3-4-11(10)20-15/h3-4,7,13-14,19H,5-6H2,1-2H3/t13-,14+/m1/s1. The van der Waals surface area contributed by atoms with E-state index in [0.29, 0.717) is 29.8 Å². The number of carbonyl (C=O) groups is 1. The monoisotopic (exact) mass is 272 g/mol. The summed E-state index contributed by atoms with van der Waals surface area (Å²) >= 11 is 0. The maximum absolute atomic E-state index is 11.8. The Morgan fingerprint density at radius 2 is 2.25 bits per heavy atom. The van der Waals surface area contributed by atoms with E-state index in [2.05, 4.69) is 6.07 Å². The highest BCUT2D eigenvalue weighted by Gasteiger charge is 2.48. The SMILES string of the molecule is CC1(C)Oc2ccc(C#N)cc2[C@@H](N2CCC2=O)[C@@H]1O. The summed E-state index contributed by atoms with van der Waals surface area (Å²) in [6.07, 6.45) is -0.314. The van der Waals surface area contributed by atoms with Crippen molar-refractivity contribution >= 4 is 5.91 Å². The van der Waals surface area contributed by atoms with Crippen molar-refractivity contribution in [2.75, 3.05) is 6.54 Å². The van der Waals surface area contributed by atoms with Gasteiger partial charge >= 0.3 is 0 Å². The smallest absolute Gasteiger partial charge is 0.224 e. The van der Waals surface area contributed by atoms with Crippen LogP contribution in [0.25, 0.3) is 0 Å². The molecule has 2 atom stereocenters. The molecule has 2 aliphatic rings. The van der Waals surface area contributed by atoms with Crippen LogP contribution in [0.4, 0.5) is 0 Å². The second-order valence-corrected chi connectivity index (χ2v) is 5.80. The first-order chi connectivity index (χ1) is 9.44. The number of benzene rings is 1. The molecule has 3 rings (SSSR count). The van der Waals surface area contributed by atoms with E-state index in [-0.39, 0.29) is 5.91 Å². The van der Waals surface area contributed by atoms with Crippen LogP contribution in [0.5, 0.6) is 5.75 Å². The molecule has 0 unspecified atom stereocenters. The molecule has 1 N–H and O–H groups in total. The molecule has 0 spiro atoms. The van der Waals surface area contributed by atoms with Gasteiger partial charge in [-0.2, -0.15) is 5.26 Å². The van der Waals surface area contributed by atoms with Gasteiger partial charge in [0.1, 0.15) is 17.5 Å². The first kappa shape index (κ1) is 12.9. The Hall–Kier alpha value is -2.06. The third-order valence-corrected chi connectivity index (χ3v) is 4.06. The van der Waals surface area contributed by atoms with E-state index in [0.717, 1.165) is 0 Å². The van der Waals surface area contributed by atoms with Crippen molar-refractivity contribution in [2.24, 2.45) is 0 Å². The topological polar surface area (TPSA) is 73.6 Å². The summed E-state index contributed by atoms with van der Waals surface area (Å²) in [5.41, 5.74) is 0.433. The lowest BCUT2D eigenvalue weighted by atomic mass is 9.83. The molecule has 104 valence electrons. The van der Waals surface area contributed by atoms with Gasteiger partial charge in [0, 0.05) is 18.5 Å². The van der Waals surface area contributed by atoms with Crippen LogP contribution in [-0.4, -0.2) is 34.2 Å². The summed E-state index contributed by atoms with van der Waals surface area (Å²) in [7, 11) is 0. The first-order valence-corrected chi connectivity index (χ1v) is 6.64. The number of nitrogens with zero attached hydrogens (tertiary/aromatic N) is 2. The number of nitriles is 1. The zero-order chi connectivity index (χ0) is 14.5. The summed E-state index contributed by atoms with van der Waals surface area (Å²) in [5, 5.41) is 19.6. The van der Waals surface area contributed by atoms with E-state index >= 15 is 0 Å². The van der Waals surface area contributed by atoms with Gasteiger partial charge in [0.15, 0.2) is 0 Å². The predicted octanol–water partition coefficient (Wildman–Crippen LogP) is 1.36. The number of hydrogen-bond donors (Lipinski definition) is 1. The van der Waals surface area contributed by atoms with Crippen LogP contribution in [0.15, 0.2) is 18.2 Å². The molecule has 20 heavy (non-hydrogen) atoms. The van der Waals surface area contributed by atoms with Crippen LogP contribution in [0.1, 0.15) is 37.4 Å². The van der Waals surface area contributed by atoms with E-state index < -0.39 is 17.7 Å². The van der Waals surface area contributed by atoms with Gasteiger partial charge in [-0.3, -0.25) is 4.79 Å². The molecule has 0 saturated carbocycles. The highest BCUT2D eigenvalue weighted by molar-refractivity contribution is 5.82. The van der Waals surface area contributed by atoms with Gasteiger partial charge in [0.05, 0.1) is 17.7 Å². The first-order valence-electron chi connectivity index (χ1n) is 6.64. The number of β-lactam (4-membered cyclic amide) rings is 1. The van der Waals surface area contributed by atoms with E-state index in [1.165, 1.54) is 0 Å². The molecule has 0 aromatic heterocycles. The number of carbonyl (C=O) groups excluding carboxylic acids is 1. The normalized spacial score (nSPS) is 27.1. The van der Waals surface area contributed by atoms with Gasteiger partial charge < -0.3 is 14.7 Å². The van der Waals surface area contributed by atoms with Gasteiger partial charge in [0.2, 0.25) is 5.91 Å². The number of fused-ring (bicyclic) bond motifs is 1. The van der Waals surface area contributed by atoms with Crippen molar-refractivity contribution in [1.82, 2.24) is 4.90 Å². The summed E-state index contributed by atoms with van der Waals surface area (Å²) in [6, 6.07) is 6.75. The van der Waals surface area contributed by atoms with Gasteiger partial charge in [0.25, 0.3) is 0 Å². The van der Waals surface area contributed by atoms with E-state index in [9.17, 15) is 9.90 Å². The van der Waals surface area contributed by atoms with Crippen LogP contribution in [0, 0.1) is 11.3 Å². The zero-order valence-electron chi connectivity index (χ0n) is 11.5. The summed E-state index contributed by atoms with van der Waals surface area (Å²) < 4.78 is 5.82. The fourth-order valence-corrected chi connectivity index (χ4v) is 2.80. The molecule has 1 fully saturated rings. The molecule has 0 radical (unpaired) electrons. The van der Waals surface area contributed by atoms with Crippen LogP contribution < -0.4 is 4.74 Å². The Morgan fingerprint density at radius 1 is 1.50 bits per heavy atom. The van der Waals surface area contributed by atoms with Crippen molar-refractivity contribution in [3.63, 3.8) is 0 Å². The zero-order valence-corrected chi connectivity index (χ0v) is 11.5. The van der Waals surface area contributed by atoms with Crippen LogP contribution in [-0.2, 0) is 4.79 Å². The summed E-state index contributed by atoms with van der Waals surface area (Å²) in [4.78, 5) is 13.4. The van der Waals surface area contributed by atoms with Gasteiger partial charge in [-0.1, -0.05) is 0 Å². The van der Waals surface area contributed by atoms with Crippen molar-refractivity contribution in [1.29, 1.82) is 5.26 Å². The van der Waals surface area contributed by atoms with E-state index in [1.54, 1.807) is 36.9 Å². The molecule has 0 bridgehead atoms. The molecule has 1 saturated heterocycles.